The maximum Gasteiger partial charge on any atom is 0.251 e. The van der Waals surface area contributed by atoms with Gasteiger partial charge in [-0.2, -0.15) is 0 Å². The van der Waals surface area contributed by atoms with Crippen LogP contribution in [-0.2, 0) is 13.0 Å². The lowest BCUT2D eigenvalue weighted by Gasteiger charge is -2.06. The highest BCUT2D eigenvalue weighted by Crippen LogP contribution is 2.38. The fourth-order valence-corrected chi connectivity index (χ4v) is 2.86. The first kappa shape index (κ1) is 14.2. The maximum atomic E-state index is 12.2. The zero-order valence-electron chi connectivity index (χ0n) is 13.0. The fourth-order valence-electron chi connectivity index (χ4n) is 2.86. The first-order valence-electron chi connectivity index (χ1n) is 8.23. The van der Waals surface area contributed by atoms with E-state index in [4.69, 9.17) is 4.74 Å². The van der Waals surface area contributed by atoms with Gasteiger partial charge in [0.25, 0.3) is 5.91 Å². The van der Waals surface area contributed by atoms with Gasteiger partial charge in [0, 0.05) is 37.2 Å². The standard InChI is InChI=1S/C17H20N4O2/c22-17(14-4-5-16-13(10-14)6-9-23-16)18-7-1-8-21-11-15(19-20-21)12-2-3-12/h4-5,10-12H,1-3,6-9H2,(H,18,22). The minimum absolute atomic E-state index is 0.0306. The monoisotopic (exact) mass is 312 g/mol. The van der Waals surface area contributed by atoms with Gasteiger partial charge in [-0.05, 0) is 43.0 Å². The van der Waals surface area contributed by atoms with Crippen LogP contribution in [0.5, 0.6) is 5.75 Å². The Balaban J connectivity index is 1.24. The summed E-state index contributed by atoms with van der Waals surface area (Å²) >= 11 is 0. The Bertz CT molecular complexity index is 721. The molecule has 0 spiro atoms. The Morgan fingerprint density at radius 1 is 1.39 bits per heavy atom. The summed E-state index contributed by atoms with van der Waals surface area (Å²) in [5, 5.41) is 11.3. The van der Waals surface area contributed by atoms with Crippen LogP contribution in [0.1, 0.15) is 46.8 Å². The summed E-state index contributed by atoms with van der Waals surface area (Å²) < 4.78 is 7.32. The molecule has 6 heteroatoms. The van der Waals surface area contributed by atoms with Crippen LogP contribution < -0.4 is 10.1 Å². The van der Waals surface area contributed by atoms with Gasteiger partial charge in [-0.15, -0.1) is 5.10 Å². The molecular weight excluding hydrogens is 292 g/mol. The number of aromatic nitrogens is 3. The third kappa shape index (κ3) is 3.21. The van der Waals surface area contributed by atoms with Crippen molar-refractivity contribution in [1.82, 2.24) is 20.3 Å². The van der Waals surface area contributed by atoms with E-state index in [-0.39, 0.29) is 5.91 Å². The van der Waals surface area contributed by atoms with Crippen molar-refractivity contribution >= 4 is 5.91 Å². The van der Waals surface area contributed by atoms with Crippen molar-refractivity contribution in [2.75, 3.05) is 13.2 Å². The van der Waals surface area contributed by atoms with Gasteiger partial charge in [0.05, 0.1) is 12.3 Å². The Hall–Kier alpha value is -2.37. The summed E-state index contributed by atoms with van der Waals surface area (Å²) in [4.78, 5) is 12.2. The molecule has 2 heterocycles. The third-order valence-electron chi connectivity index (χ3n) is 4.35. The Kier molecular flexibility index (Phi) is 3.73. The molecule has 0 saturated heterocycles. The molecule has 6 nitrogen and oxygen atoms in total. The molecule has 0 unspecified atom stereocenters. The quantitative estimate of drug-likeness (QED) is 0.827. The van der Waals surface area contributed by atoms with E-state index >= 15 is 0 Å². The predicted octanol–water partition coefficient (Wildman–Crippen LogP) is 1.91. The van der Waals surface area contributed by atoms with Crippen molar-refractivity contribution in [2.45, 2.75) is 38.1 Å². The van der Waals surface area contributed by atoms with E-state index in [2.05, 4.69) is 15.6 Å². The minimum Gasteiger partial charge on any atom is -0.493 e. The highest BCUT2D eigenvalue weighted by Gasteiger charge is 2.26. The molecule has 1 saturated carbocycles. The molecule has 0 radical (unpaired) electrons. The van der Waals surface area contributed by atoms with Crippen molar-refractivity contribution in [3.05, 3.63) is 41.2 Å². The number of nitrogens with one attached hydrogen (secondary N) is 1. The molecular formula is C17H20N4O2. The minimum atomic E-state index is -0.0306. The van der Waals surface area contributed by atoms with Crippen LogP contribution >= 0.6 is 0 Å². The summed E-state index contributed by atoms with van der Waals surface area (Å²) in [5.41, 5.74) is 2.92. The number of hydrogen-bond acceptors (Lipinski definition) is 4. The van der Waals surface area contributed by atoms with E-state index in [0.29, 0.717) is 24.6 Å². The van der Waals surface area contributed by atoms with E-state index < -0.39 is 0 Å². The van der Waals surface area contributed by atoms with Crippen LogP contribution in [-0.4, -0.2) is 34.1 Å². The molecule has 1 fully saturated rings. The Morgan fingerprint density at radius 3 is 3.17 bits per heavy atom. The molecule has 1 aliphatic carbocycles. The predicted molar refractivity (Wildman–Crippen MR) is 84.6 cm³/mol. The Morgan fingerprint density at radius 2 is 2.30 bits per heavy atom. The number of carbonyl (C=O) groups excluding carboxylic acids is 1. The molecule has 1 N–H and O–H groups in total. The van der Waals surface area contributed by atoms with E-state index in [9.17, 15) is 4.79 Å². The van der Waals surface area contributed by atoms with Gasteiger partial charge in [0.1, 0.15) is 5.75 Å². The van der Waals surface area contributed by atoms with Gasteiger partial charge in [-0.1, -0.05) is 5.21 Å². The van der Waals surface area contributed by atoms with Crippen molar-refractivity contribution in [1.29, 1.82) is 0 Å². The summed E-state index contributed by atoms with van der Waals surface area (Å²) in [6.45, 7) is 2.12. The van der Waals surface area contributed by atoms with Crippen molar-refractivity contribution < 1.29 is 9.53 Å². The molecule has 0 bridgehead atoms. The Labute approximate surface area is 134 Å². The number of carbonyl (C=O) groups is 1. The van der Waals surface area contributed by atoms with Crippen molar-refractivity contribution in [3.8, 4) is 5.75 Å². The summed E-state index contributed by atoms with van der Waals surface area (Å²) in [7, 11) is 0. The van der Waals surface area contributed by atoms with Crippen LogP contribution in [0.25, 0.3) is 0 Å². The first-order chi connectivity index (χ1) is 11.3. The number of benzene rings is 1. The van der Waals surface area contributed by atoms with Gasteiger partial charge in [-0.25, -0.2) is 0 Å². The average molecular weight is 312 g/mol. The second-order valence-electron chi connectivity index (χ2n) is 6.21. The zero-order chi connectivity index (χ0) is 15.6. The molecule has 1 aromatic carbocycles. The molecule has 1 amide bonds. The number of rotatable bonds is 6. The topological polar surface area (TPSA) is 69.0 Å². The second-order valence-corrected chi connectivity index (χ2v) is 6.21. The molecule has 0 atom stereocenters. The summed E-state index contributed by atoms with van der Waals surface area (Å²) in [6.07, 6.45) is 6.22. The molecule has 120 valence electrons. The van der Waals surface area contributed by atoms with Gasteiger partial charge in [0.2, 0.25) is 0 Å². The van der Waals surface area contributed by atoms with Gasteiger partial charge >= 0.3 is 0 Å². The van der Waals surface area contributed by atoms with Crippen LogP contribution in [0, 0.1) is 0 Å². The summed E-state index contributed by atoms with van der Waals surface area (Å²) in [5.74, 6) is 1.50. The summed E-state index contributed by atoms with van der Waals surface area (Å²) in [6, 6.07) is 5.63. The van der Waals surface area contributed by atoms with Crippen molar-refractivity contribution in [3.63, 3.8) is 0 Å². The largest absolute Gasteiger partial charge is 0.493 e. The number of aryl methyl sites for hydroxylation is 1. The van der Waals surface area contributed by atoms with Gasteiger partial charge in [0.15, 0.2) is 0 Å². The van der Waals surface area contributed by atoms with Crippen LogP contribution in [0.2, 0.25) is 0 Å². The molecule has 1 aromatic heterocycles. The molecule has 4 rings (SSSR count). The molecule has 2 aliphatic rings. The fraction of sp³-hybridized carbons (Fsp3) is 0.471. The van der Waals surface area contributed by atoms with Crippen molar-refractivity contribution in [2.24, 2.45) is 0 Å². The van der Waals surface area contributed by atoms with Gasteiger partial charge in [-0.3, -0.25) is 9.48 Å². The number of ether oxygens (including phenoxy) is 1. The molecule has 23 heavy (non-hydrogen) atoms. The normalized spacial score (nSPS) is 16.0. The van der Waals surface area contributed by atoms with Crippen LogP contribution in [0.15, 0.2) is 24.4 Å². The highest BCUT2D eigenvalue weighted by molar-refractivity contribution is 5.94. The van der Waals surface area contributed by atoms with E-state index in [1.165, 1.54) is 12.8 Å². The smallest absolute Gasteiger partial charge is 0.251 e. The molecule has 1 aliphatic heterocycles. The SMILES string of the molecule is O=C(NCCCn1cc(C2CC2)nn1)c1ccc2c(c1)CCO2. The van der Waals surface area contributed by atoms with Crippen LogP contribution in [0.3, 0.4) is 0 Å². The number of hydrogen-bond donors (Lipinski definition) is 1. The number of amides is 1. The van der Waals surface area contributed by atoms with Gasteiger partial charge < -0.3 is 10.1 Å². The van der Waals surface area contributed by atoms with Crippen LogP contribution in [0.4, 0.5) is 0 Å². The number of nitrogens with zero attached hydrogens (tertiary/aromatic N) is 3. The second kappa shape index (κ2) is 6.02. The highest BCUT2D eigenvalue weighted by atomic mass is 16.5. The first-order valence-corrected chi connectivity index (χ1v) is 8.23. The van der Waals surface area contributed by atoms with E-state index in [1.807, 2.05) is 29.1 Å². The molecule has 2 aromatic rings. The lowest BCUT2D eigenvalue weighted by Crippen LogP contribution is -2.25. The number of fused-ring (bicyclic) bond motifs is 1. The average Bonchev–Trinajstić information content (AvgIpc) is 3.13. The lowest BCUT2D eigenvalue weighted by molar-refractivity contribution is 0.0952. The maximum absolute atomic E-state index is 12.2. The third-order valence-corrected chi connectivity index (χ3v) is 4.35. The lowest BCUT2D eigenvalue weighted by atomic mass is 10.1. The zero-order valence-corrected chi connectivity index (χ0v) is 13.0. The van der Waals surface area contributed by atoms with E-state index in [1.54, 1.807) is 0 Å². The van der Waals surface area contributed by atoms with E-state index in [0.717, 1.165) is 36.4 Å².